The summed E-state index contributed by atoms with van der Waals surface area (Å²) in [5.74, 6) is 0.0367. The summed E-state index contributed by atoms with van der Waals surface area (Å²) in [5, 5.41) is 12.1. The quantitative estimate of drug-likeness (QED) is 0.719. The van der Waals surface area contributed by atoms with Crippen LogP contribution >= 0.6 is 0 Å². The number of hydrogen-bond donors (Lipinski definition) is 3. The number of aromatic amines is 2. The van der Waals surface area contributed by atoms with Gasteiger partial charge in [-0.05, 0) is 19.9 Å². The highest BCUT2D eigenvalue weighted by Crippen LogP contribution is 2.18. The van der Waals surface area contributed by atoms with Crippen LogP contribution in [0, 0.1) is 13.8 Å². The van der Waals surface area contributed by atoms with Gasteiger partial charge in [0.2, 0.25) is 0 Å². The van der Waals surface area contributed by atoms with Crippen molar-refractivity contribution in [1.82, 2.24) is 20.4 Å². The Morgan fingerprint density at radius 1 is 1.17 bits per heavy atom. The zero-order valence-corrected chi connectivity index (χ0v) is 10.5. The van der Waals surface area contributed by atoms with Gasteiger partial charge in [0.25, 0.3) is 15.6 Å². The molecule has 2 rings (SSSR count). The fourth-order valence-corrected chi connectivity index (χ4v) is 2.90. The van der Waals surface area contributed by atoms with Gasteiger partial charge in [-0.1, -0.05) is 0 Å². The normalized spacial score (nSPS) is 11.4. The highest BCUT2D eigenvalue weighted by atomic mass is 32.2. The van der Waals surface area contributed by atoms with Crippen LogP contribution < -0.4 is 10.3 Å². The third kappa shape index (κ3) is 2.25. The predicted molar refractivity (Wildman–Crippen MR) is 63.7 cm³/mol. The number of rotatable bonds is 3. The first-order chi connectivity index (χ1) is 8.40. The molecule has 8 nitrogen and oxygen atoms in total. The van der Waals surface area contributed by atoms with Crippen LogP contribution in [0.5, 0.6) is 0 Å². The number of nitrogens with zero attached hydrogens (tertiary/aromatic N) is 2. The van der Waals surface area contributed by atoms with Gasteiger partial charge in [-0.2, -0.15) is 10.2 Å². The molecule has 96 valence electrons. The van der Waals surface area contributed by atoms with E-state index in [1.807, 2.05) is 0 Å². The van der Waals surface area contributed by atoms with E-state index < -0.39 is 15.6 Å². The Morgan fingerprint density at radius 2 is 1.89 bits per heavy atom. The molecule has 0 spiro atoms. The van der Waals surface area contributed by atoms with Crippen LogP contribution in [0.15, 0.2) is 21.8 Å². The average molecular weight is 269 g/mol. The molecule has 0 radical (unpaired) electrons. The van der Waals surface area contributed by atoms with Crippen molar-refractivity contribution >= 4 is 15.8 Å². The lowest BCUT2D eigenvalue weighted by Crippen LogP contribution is -2.17. The molecular formula is C9H11N5O3S. The maximum absolute atomic E-state index is 12.1. The van der Waals surface area contributed by atoms with Crippen LogP contribution in [-0.4, -0.2) is 28.8 Å². The summed E-state index contributed by atoms with van der Waals surface area (Å²) in [7, 11) is -3.77. The second-order valence-electron chi connectivity index (χ2n) is 3.68. The molecule has 0 bridgehead atoms. The molecule has 0 amide bonds. The standard InChI is InChI=1S/C9H11N5O3S/c1-5-9(6(2)11-10-5)18(16,17)14-7-3-4-8(15)13-12-7/h3-4H,1-2H3,(H,10,11)(H,12,14)(H,13,15). The van der Waals surface area contributed by atoms with Crippen molar-refractivity contribution in [3.8, 4) is 0 Å². The first-order valence-electron chi connectivity index (χ1n) is 5.00. The van der Waals surface area contributed by atoms with Gasteiger partial charge in [0.15, 0.2) is 5.82 Å². The average Bonchev–Trinajstić information content (AvgIpc) is 2.62. The molecule has 2 heterocycles. The molecule has 9 heteroatoms. The van der Waals surface area contributed by atoms with E-state index in [4.69, 9.17) is 0 Å². The number of sulfonamides is 1. The fourth-order valence-electron chi connectivity index (χ4n) is 1.53. The number of nitrogens with one attached hydrogen (secondary N) is 3. The largest absolute Gasteiger partial charge is 0.281 e. The van der Waals surface area contributed by atoms with Gasteiger partial charge in [-0.25, -0.2) is 13.5 Å². The van der Waals surface area contributed by atoms with Crippen LogP contribution in [0.25, 0.3) is 0 Å². The summed E-state index contributed by atoms with van der Waals surface area (Å²) < 4.78 is 26.4. The van der Waals surface area contributed by atoms with E-state index in [0.29, 0.717) is 11.4 Å². The lowest BCUT2D eigenvalue weighted by atomic mass is 10.4. The molecule has 0 unspecified atom stereocenters. The predicted octanol–water partition coefficient (Wildman–Crippen LogP) is -0.0894. The van der Waals surface area contributed by atoms with Crippen molar-refractivity contribution in [2.24, 2.45) is 0 Å². The van der Waals surface area contributed by atoms with Gasteiger partial charge in [0.1, 0.15) is 4.90 Å². The molecule has 0 aromatic carbocycles. The van der Waals surface area contributed by atoms with Gasteiger partial charge in [-0.3, -0.25) is 14.6 Å². The molecule has 2 aromatic rings. The molecular weight excluding hydrogens is 258 g/mol. The smallest absolute Gasteiger partial charge is 0.266 e. The SMILES string of the molecule is Cc1n[nH]c(C)c1S(=O)(=O)Nc1ccc(=O)[nH]n1. The van der Waals surface area contributed by atoms with E-state index in [0.717, 1.165) is 0 Å². The molecule has 0 aliphatic heterocycles. The Bertz CT molecular complexity index is 691. The van der Waals surface area contributed by atoms with Crippen molar-refractivity contribution in [3.05, 3.63) is 33.9 Å². The molecule has 0 aliphatic rings. The summed E-state index contributed by atoms with van der Waals surface area (Å²) in [4.78, 5) is 10.9. The van der Waals surface area contributed by atoms with Crippen LogP contribution in [-0.2, 0) is 10.0 Å². The third-order valence-electron chi connectivity index (χ3n) is 2.25. The Balaban J connectivity index is 2.39. The van der Waals surface area contributed by atoms with E-state index in [1.54, 1.807) is 13.8 Å². The van der Waals surface area contributed by atoms with Gasteiger partial charge < -0.3 is 0 Å². The van der Waals surface area contributed by atoms with E-state index in [2.05, 4.69) is 25.1 Å². The Morgan fingerprint density at radius 3 is 2.39 bits per heavy atom. The maximum Gasteiger partial charge on any atom is 0.266 e. The number of aryl methyl sites for hydroxylation is 2. The van der Waals surface area contributed by atoms with E-state index in [-0.39, 0.29) is 10.7 Å². The Kier molecular flexibility index (Phi) is 2.91. The molecule has 0 saturated heterocycles. The Hall–Kier alpha value is -2.16. The zero-order chi connectivity index (χ0) is 13.3. The summed E-state index contributed by atoms with van der Waals surface area (Å²) >= 11 is 0. The van der Waals surface area contributed by atoms with Crippen molar-refractivity contribution in [2.75, 3.05) is 4.72 Å². The second kappa shape index (κ2) is 4.26. The first kappa shape index (κ1) is 12.3. The highest BCUT2D eigenvalue weighted by Gasteiger charge is 2.22. The van der Waals surface area contributed by atoms with Gasteiger partial charge in [-0.15, -0.1) is 0 Å². The first-order valence-corrected chi connectivity index (χ1v) is 6.48. The minimum absolute atomic E-state index is 0.0367. The van der Waals surface area contributed by atoms with Crippen LogP contribution in [0.1, 0.15) is 11.4 Å². The summed E-state index contributed by atoms with van der Waals surface area (Å²) in [5.41, 5.74) is 0.391. The molecule has 0 saturated carbocycles. The fraction of sp³-hybridized carbons (Fsp3) is 0.222. The van der Waals surface area contributed by atoms with Crippen LogP contribution in [0.4, 0.5) is 5.82 Å². The molecule has 0 fully saturated rings. The number of anilines is 1. The van der Waals surface area contributed by atoms with Gasteiger partial charge in [0.05, 0.1) is 11.4 Å². The maximum atomic E-state index is 12.1. The van der Waals surface area contributed by atoms with Crippen LogP contribution in [0.2, 0.25) is 0 Å². The summed E-state index contributed by atoms with van der Waals surface area (Å²) in [6.45, 7) is 3.19. The van der Waals surface area contributed by atoms with Gasteiger partial charge in [0, 0.05) is 6.07 Å². The van der Waals surface area contributed by atoms with E-state index in [9.17, 15) is 13.2 Å². The lowest BCUT2D eigenvalue weighted by Gasteiger charge is -2.06. The van der Waals surface area contributed by atoms with E-state index >= 15 is 0 Å². The zero-order valence-electron chi connectivity index (χ0n) is 9.68. The summed E-state index contributed by atoms with van der Waals surface area (Å²) in [6, 6.07) is 2.46. The minimum Gasteiger partial charge on any atom is -0.281 e. The summed E-state index contributed by atoms with van der Waals surface area (Å²) in [6.07, 6.45) is 0. The Labute approximate surface area is 102 Å². The second-order valence-corrected chi connectivity index (χ2v) is 5.29. The van der Waals surface area contributed by atoms with Crippen molar-refractivity contribution < 1.29 is 8.42 Å². The molecule has 0 aliphatic carbocycles. The topological polar surface area (TPSA) is 121 Å². The third-order valence-corrected chi connectivity index (χ3v) is 3.86. The number of hydrogen-bond acceptors (Lipinski definition) is 5. The minimum atomic E-state index is -3.77. The monoisotopic (exact) mass is 269 g/mol. The molecule has 2 aromatic heterocycles. The van der Waals surface area contributed by atoms with Crippen molar-refractivity contribution in [3.63, 3.8) is 0 Å². The number of aromatic nitrogens is 4. The highest BCUT2D eigenvalue weighted by molar-refractivity contribution is 7.92. The van der Waals surface area contributed by atoms with Crippen molar-refractivity contribution in [2.45, 2.75) is 18.7 Å². The van der Waals surface area contributed by atoms with Crippen LogP contribution in [0.3, 0.4) is 0 Å². The van der Waals surface area contributed by atoms with Crippen molar-refractivity contribution in [1.29, 1.82) is 0 Å². The molecule has 18 heavy (non-hydrogen) atoms. The lowest BCUT2D eigenvalue weighted by molar-refractivity contribution is 0.600. The molecule has 3 N–H and O–H groups in total. The molecule has 0 atom stereocenters. The van der Waals surface area contributed by atoms with E-state index in [1.165, 1.54) is 12.1 Å². The number of H-pyrrole nitrogens is 2. The van der Waals surface area contributed by atoms with Gasteiger partial charge >= 0.3 is 0 Å².